The Morgan fingerprint density at radius 1 is 1.38 bits per heavy atom. The zero-order valence-corrected chi connectivity index (χ0v) is 13.0. The van der Waals surface area contributed by atoms with Gasteiger partial charge in [-0.25, -0.2) is 4.98 Å². The molecule has 21 heavy (non-hydrogen) atoms. The standard InChI is InChI=1S/C16H21N3OS/c1-12-15(21-11-19-12)8-5-9-18-16(20)14(17)10-13-6-3-2-4-7-13/h2-4,6-7,11,14H,5,8-10,17H2,1H3,(H,18,20). The third kappa shape index (κ3) is 4.95. The van der Waals surface area contributed by atoms with Crippen LogP contribution in [0, 0.1) is 6.92 Å². The largest absolute Gasteiger partial charge is 0.355 e. The molecule has 3 N–H and O–H groups in total. The Kier molecular flexibility index (Phi) is 5.90. The van der Waals surface area contributed by atoms with Crippen LogP contribution in [-0.4, -0.2) is 23.5 Å². The summed E-state index contributed by atoms with van der Waals surface area (Å²) in [6, 6.07) is 9.35. The molecule has 2 rings (SSSR count). The van der Waals surface area contributed by atoms with Crippen LogP contribution in [0.4, 0.5) is 0 Å². The SMILES string of the molecule is Cc1ncsc1CCCNC(=O)C(N)Cc1ccccc1. The average Bonchev–Trinajstić information content (AvgIpc) is 2.90. The minimum absolute atomic E-state index is 0.0834. The first-order valence-electron chi connectivity index (χ1n) is 7.13. The van der Waals surface area contributed by atoms with Crippen molar-refractivity contribution in [3.63, 3.8) is 0 Å². The fraction of sp³-hybridized carbons (Fsp3) is 0.375. The number of aryl methyl sites for hydroxylation is 2. The van der Waals surface area contributed by atoms with E-state index in [4.69, 9.17) is 5.73 Å². The summed E-state index contributed by atoms with van der Waals surface area (Å²) in [5.41, 5.74) is 9.96. The van der Waals surface area contributed by atoms with E-state index in [9.17, 15) is 4.79 Å². The monoisotopic (exact) mass is 303 g/mol. The number of nitrogens with one attached hydrogen (secondary N) is 1. The van der Waals surface area contributed by atoms with Gasteiger partial charge in [-0.3, -0.25) is 4.79 Å². The second kappa shape index (κ2) is 7.90. The summed E-state index contributed by atoms with van der Waals surface area (Å²) >= 11 is 1.67. The van der Waals surface area contributed by atoms with E-state index < -0.39 is 6.04 Å². The molecule has 0 radical (unpaired) electrons. The maximum Gasteiger partial charge on any atom is 0.237 e. The summed E-state index contributed by atoms with van der Waals surface area (Å²) in [6.45, 7) is 2.67. The number of nitrogens with two attached hydrogens (primary N) is 1. The van der Waals surface area contributed by atoms with E-state index in [0.717, 1.165) is 24.1 Å². The maximum absolute atomic E-state index is 11.9. The Morgan fingerprint density at radius 3 is 2.81 bits per heavy atom. The van der Waals surface area contributed by atoms with E-state index in [2.05, 4.69) is 10.3 Å². The van der Waals surface area contributed by atoms with Crippen LogP contribution in [-0.2, 0) is 17.6 Å². The molecule has 1 heterocycles. The minimum Gasteiger partial charge on any atom is -0.355 e. The van der Waals surface area contributed by atoms with Gasteiger partial charge in [-0.05, 0) is 31.7 Å². The molecule has 0 bridgehead atoms. The van der Waals surface area contributed by atoms with Gasteiger partial charge < -0.3 is 11.1 Å². The summed E-state index contributed by atoms with van der Waals surface area (Å²) in [7, 11) is 0. The van der Waals surface area contributed by atoms with Gasteiger partial charge in [0.05, 0.1) is 17.2 Å². The van der Waals surface area contributed by atoms with Crippen LogP contribution in [0.2, 0.25) is 0 Å². The molecule has 0 saturated heterocycles. The van der Waals surface area contributed by atoms with E-state index in [-0.39, 0.29) is 5.91 Å². The van der Waals surface area contributed by atoms with E-state index in [0.29, 0.717) is 13.0 Å². The van der Waals surface area contributed by atoms with Gasteiger partial charge in [0.15, 0.2) is 0 Å². The highest BCUT2D eigenvalue weighted by Gasteiger charge is 2.13. The van der Waals surface area contributed by atoms with Crippen molar-refractivity contribution in [2.24, 2.45) is 5.73 Å². The maximum atomic E-state index is 11.9. The highest BCUT2D eigenvalue weighted by atomic mass is 32.1. The Hall–Kier alpha value is -1.72. The number of aromatic nitrogens is 1. The van der Waals surface area contributed by atoms with Gasteiger partial charge in [-0.15, -0.1) is 11.3 Å². The predicted molar refractivity (Wildman–Crippen MR) is 86.3 cm³/mol. The van der Waals surface area contributed by atoms with E-state index >= 15 is 0 Å². The highest BCUT2D eigenvalue weighted by molar-refractivity contribution is 7.09. The van der Waals surface area contributed by atoms with Crippen LogP contribution in [0.1, 0.15) is 22.6 Å². The summed E-state index contributed by atoms with van der Waals surface area (Å²) in [5.74, 6) is -0.0834. The number of amides is 1. The minimum atomic E-state index is -0.488. The lowest BCUT2D eigenvalue weighted by molar-refractivity contribution is -0.122. The lowest BCUT2D eigenvalue weighted by Gasteiger charge is -2.12. The molecule has 2 aromatic rings. The molecule has 4 nitrogen and oxygen atoms in total. The average molecular weight is 303 g/mol. The third-order valence-electron chi connectivity index (χ3n) is 3.36. The molecule has 1 amide bonds. The molecule has 5 heteroatoms. The molecule has 1 aromatic heterocycles. The Bertz CT molecular complexity index is 568. The molecule has 0 saturated carbocycles. The lowest BCUT2D eigenvalue weighted by atomic mass is 10.1. The fourth-order valence-corrected chi connectivity index (χ4v) is 2.94. The second-order valence-electron chi connectivity index (χ2n) is 5.05. The van der Waals surface area contributed by atoms with Gasteiger partial charge in [0.2, 0.25) is 5.91 Å². The first-order chi connectivity index (χ1) is 10.2. The second-order valence-corrected chi connectivity index (χ2v) is 5.99. The van der Waals surface area contributed by atoms with Crippen molar-refractivity contribution in [2.75, 3.05) is 6.54 Å². The quantitative estimate of drug-likeness (QED) is 0.769. The fourth-order valence-electron chi connectivity index (χ4n) is 2.12. The van der Waals surface area contributed by atoms with Crippen LogP contribution in [0.3, 0.4) is 0 Å². The number of nitrogens with zero attached hydrogens (tertiary/aromatic N) is 1. The molecular formula is C16H21N3OS. The highest BCUT2D eigenvalue weighted by Crippen LogP contribution is 2.13. The van der Waals surface area contributed by atoms with Gasteiger partial charge in [-0.1, -0.05) is 30.3 Å². The molecule has 1 unspecified atom stereocenters. The number of thiazole rings is 1. The lowest BCUT2D eigenvalue weighted by Crippen LogP contribution is -2.42. The molecule has 1 atom stereocenters. The molecule has 1 aromatic carbocycles. The van der Waals surface area contributed by atoms with Crippen LogP contribution < -0.4 is 11.1 Å². The van der Waals surface area contributed by atoms with Crippen molar-refractivity contribution >= 4 is 17.2 Å². The van der Waals surface area contributed by atoms with Crippen molar-refractivity contribution < 1.29 is 4.79 Å². The molecule has 0 aliphatic rings. The number of rotatable bonds is 7. The predicted octanol–water partition coefficient (Wildman–Crippen LogP) is 2.07. The molecule has 112 valence electrons. The molecular weight excluding hydrogens is 282 g/mol. The Balaban J connectivity index is 1.68. The zero-order chi connectivity index (χ0) is 15.1. The number of carbonyl (C=O) groups excluding carboxylic acids is 1. The van der Waals surface area contributed by atoms with Crippen LogP contribution in [0.5, 0.6) is 0 Å². The summed E-state index contributed by atoms with van der Waals surface area (Å²) in [6.07, 6.45) is 2.43. The van der Waals surface area contributed by atoms with Crippen molar-refractivity contribution in [1.29, 1.82) is 0 Å². The van der Waals surface area contributed by atoms with Gasteiger partial charge in [-0.2, -0.15) is 0 Å². The molecule has 0 aliphatic heterocycles. The van der Waals surface area contributed by atoms with E-state index in [1.54, 1.807) is 11.3 Å². The van der Waals surface area contributed by atoms with Crippen LogP contribution >= 0.6 is 11.3 Å². The number of hydrogen-bond donors (Lipinski definition) is 2. The van der Waals surface area contributed by atoms with Crippen molar-refractivity contribution in [2.45, 2.75) is 32.2 Å². The normalized spacial score (nSPS) is 12.1. The van der Waals surface area contributed by atoms with Crippen LogP contribution in [0.25, 0.3) is 0 Å². The summed E-state index contributed by atoms with van der Waals surface area (Å²) < 4.78 is 0. The third-order valence-corrected chi connectivity index (χ3v) is 4.35. The van der Waals surface area contributed by atoms with Gasteiger partial charge in [0.25, 0.3) is 0 Å². The first-order valence-corrected chi connectivity index (χ1v) is 8.01. The van der Waals surface area contributed by atoms with Crippen molar-refractivity contribution in [3.8, 4) is 0 Å². The zero-order valence-electron chi connectivity index (χ0n) is 12.2. The first kappa shape index (κ1) is 15.7. The van der Waals surface area contributed by atoms with Gasteiger partial charge in [0, 0.05) is 11.4 Å². The van der Waals surface area contributed by atoms with Crippen LogP contribution in [0.15, 0.2) is 35.8 Å². The topological polar surface area (TPSA) is 68.0 Å². The van der Waals surface area contributed by atoms with Crippen molar-refractivity contribution in [3.05, 3.63) is 52.0 Å². The molecule has 0 aliphatic carbocycles. The smallest absolute Gasteiger partial charge is 0.237 e. The van der Waals surface area contributed by atoms with Gasteiger partial charge in [0.1, 0.15) is 0 Å². The summed E-state index contributed by atoms with van der Waals surface area (Å²) in [4.78, 5) is 17.4. The number of hydrogen-bond acceptors (Lipinski definition) is 4. The molecule has 0 spiro atoms. The van der Waals surface area contributed by atoms with E-state index in [1.807, 2.05) is 42.8 Å². The van der Waals surface area contributed by atoms with E-state index in [1.165, 1.54) is 4.88 Å². The summed E-state index contributed by atoms with van der Waals surface area (Å²) in [5, 5.41) is 2.90. The Labute approximate surface area is 129 Å². The number of benzene rings is 1. The number of carbonyl (C=O) groups is 1. The van der Waals surface area contributed by atoms with Crippen molar-refractivity contribution in [1.82, 2.24) is 10.3 Å². The Morgan fingerprint density at radius 2 is 2.14 bits per heavy atom. The molecule has 0 fully saturated rings. The van der Waals surface area contributed by atoms with Gasteiger partial charge >= 0.3 is 0 Å².